The van der Waals surface area contributed by atoms with Crippen LogP contribution in [0.25, 0.3) is 0 Å². The fraction of sp³-hybridized carbons (Fsp3) is 0.267. The second-order valence-corrected chi connectivity index (χ2v) is 6.33. The second-order valence-electron chi connectivity index (χ2n) is 4.41. The molecule has 0 aliphatic carbocycles. The molecule has 0 aliphatic rings. The van der Waals surface area contributed by atoms with Crippen molar-refractivity contribution in [3.8, 4) is 0 Å². The maximum absolute atomic E-state index is 5.97. The normalized spacial score (nSPS) is 12.4. The van der Waals surface area contributed by atoms with Crippen LogP contribution in [-0.2, 0) is 6.42 Å². The van der Waals surface area contributed by atoms with Crippen molar-refractivity contribution in [2.45, 2.75) is 35.7 Å². The Kier molecular flexibility index (Phi) is 5.43. The Hall–Kier alpha value is -0.840. The molecule has 0 bridgehead atoms. The van der Waals surface area contributed by atoms with Gasteiger partial charge in [0.25, 0.3) is 0 Å². The lowest BCUT2D eigenvalue weighted by Gasteiger charge is -2.09. The molecular formula is C15H17BrN2S. The zero-order chi connectivity index (χ0) is 13.7. The number of hydrogen-bond acceptors (Lipinski definition) is 3. The molecule has 4 heteroatoms. The van der Waals surface area contributed by atoms with Gasteiger partial charge in [-0.15, -0.1) is 0 Å². The number of pyridine rings is 1. The molecule has 2 nitrogen and oxygen atoms in total. The van der Waals surface area contributed by atoms with Gasteiger partial charge in [-0.2, -0.15) is 0 Å². The molecule has 100 valence electrons. The maximum atomic E-state index is 5.97. The van der Waals surface area contributed by atoms with Gasteiger partial charge in [0.15, 0.2) is 0 Å². The van der Waals surface area contributed by atoms with E-state index in [1.807, 2.05) is 18.3 Å². The number of rotatable bonds is 5. The van der Waals surface area contributed by atoms with Crippen molar-refractivity contribution in [3.05, 3.63) is 52.6 Å². The van der Waals surface area contributed by atoms with Crippen LogP contribution in [-0.4, -0.2) is 11.0 Å². The Morgan fingerprint density at radius 1 is 1.26 bits per heavy atom. The molecule has 0 radical (unpaired) electrons. The van der Waals surface area contributed by atoms with Crippen LogP contribution in [0.4, 0.5) is 0 Å². The van der Waals surface area contributed by atoms with Crippen molar-refractivity contribution in [2.24, 2.45) is 5.73 Å². The summed E-state index contributed by atoms with van der Waals surface area (Å²) in [5, 5.41) is 0.987. The fourth-order valence-corrected chi connectivity index (χ4v) is 2.97. The number of hydrogen-bond donors (Lipinski definition) is 1. The van der Waals surface area contributed by atoms with Crippen LogP contribution in [0, 0.1) is 0 Å². The van der Waals surface area contributed by atoms with Crippen LogP contribution in [0.15, 0.2) is 57.0 Å². The van der Waals surface area contributed by atoms with E-state index in [9.17, 15) is 0 Å². The number of nitrogens with two attached hydrogens (primary N) is 1. The van der Waals surface area contributed by atoms with Crippen molar-refractivity contribution in [1.29, 1.82) is 0 Å². The van der Waals surface area contributed by atoms with E-state index in [2.05, 4.69) is 52.1 Å². The molecule has 2 N–H and O–H groups in total. The average molecular weight is 337 g/mol. The van der Waals surface area contributed by atoms with Crippen LogP contribution in [0.1, 0.15) is 18.9 Å². The van der Waals surface area contributed by atoms with Crippen molar-refractivity contribution in [2.75, 3.05) is 0 Å². The molecule has 0 fully saturated rings. The molecule has 19 heavy (non-hydrogen) atoms. The van der Waals surface area contributed by atoms with Gasteiger partial charge in [-0.05, 0) is 58.6 Å². The maximum Gasteiger partial charge on any atom is 0.115 e. The average Bonchev–Trinajstić information content (AvgIpc) is 2.43. The molecule has 0 saturated heterocycles. The largest absolute Gasteiger partial charge is 0.327 e. The summed E-state index contributed by atoms with van der Waals surface area (Å²) in [7, 11) is 0. The zero-order valence-electron chi connectivity index (χ0n) is 10.8. The van der Waals surface area contributed by atoms with Gasteiger partial charge in [-0.1, -0.05) is 30.8 Å². The number of benzene rings is 1. The van der Waals surface area contributed by atoms with Gasteiger partial charge in [0.05, 0.1) is 4.47 Å². The summed E-state index contributed by atoms with van der Waals surface area (Å²) in [6.07, 6.45) is 3.76. The molecule has 1 aromatic heterocycles. The fourth-order valence-electron chi connectivity index (χ4n) is 1.70. The minimum absolute atomic E-state index is 0.253. The molecular weight excluding hydrogens is 320 g/mol. The molecule has 1 heterocycles. The summed E-state index contributed by atoms with van der Waals surface area (Å²) in [5.74, 6) is 0. The molecule has 1 aromatic carbocycles. The zero-order valence-corrected chi connectivity index (χ0v) is 13.2. The number of halogens is 1. The molecule has 0 aliphatic heterocycles. The summed E-state index contributed by atoms with van der Waals surface area (Å²) in [6.45, 7) is 2.12. The van der Waals surface area contributed by atoms with Crippen LogP contribution >= 0.6 is 27.7 Å². The first kappa shape index (κ1) is 14.6. The van der Waals surface area contributed by atoms with Gasteiger partial charge in [0.2, 0.25) is 0 Å². The molecule has 2 rings (SSSR count). The van der Waals surface area contributed by atoms with Gasteiger partial charge < -0.3 is 5.73 Å². The number of nitrogens with zero attached hydrogens (tertiary/aromatic N) is 1. The molecule has 0 spiro atoms. The standard InChI is InChI=1S/C15H17BrN2S/c1-2-12(17)10-11-5-7-13(8-6-11)19-15-14(16)4-3-9-18-15/h3-9,12H,2,10,17H2,1H3. The van der Waals surface area contributed by atoms with Crippen molar-refractivity contribution in [1.82, 2.24) is 4.98 Å². The lowest BCUT2D eigenvalue weighted by atomic mass is 10.1. The summed E-state index contributed by atoms with van der Waals surface area (Å²) in [5.41, 5.74) is 7.26. The molecule has 1 unspecified atom stereocenters. The lowest BCUT2D eigenvalue weighted by molar-refractivity contribution is 0.646. The third kappa shape index (κ3) is 4.34. The van der Waals surface area contributed by atoms with Crippen LogP contribution in [0.2, 0.25) is 0 Å². The SMILES string of the molecule is CCC(N)Cc1ccc(Sc2ncccc2Br)cc1. The van der Waals surface area contributed by atoms with Crippen molar-refractivity contribution >= 4 is 27.7 Å². The van der Waals surface area contributed by atoms with Crippen LogP contribution in [0.3, 0.4) is 0 Å². The quantitative estimate of drug-likeness (QED) is 0.885. The van der Waals surface area contributed by atoms with E-state index in [-0.39, 0.29) is 6.04 Å². The Labute approximate surface area is 126 Å². The van der Waals surface area contributed by atoms with Gasteiger partial charge in [-0.3, -0.25) is 0 Å². The highest BCUT2D eigenvalue weighted by molar-refractivity contribution is 9.10. The Morgan fingerprint density at radius 2 is 2.00 bits per heavy atom. The van der Waals surface area contributed by atoms with E-state index in [0.29, 0.717) is 0 Å². The monoisotopic (exact) mass is 336 g/mol. The van der Waals surface area contributed by atoms with Crippen LogP contribution < -0.4 is 5.73 Å². The third-order valence-corrected chi connectivity index (χ3v) is 4.81. The van der Waals surface area contributed by atoms with E-state index < -0.39 is 0 Å². The summed E-state index contributed by atoms with van der Waals surface area (Å²) in [6, 6.07) is 12.7. The first-order valence-corrected chi connectivity index (χ1v) is 7.93. The third-order valence-electron chi connectivity index (χ3n) is 2.88. The van der Waals surface area contributed by atoms with E-state index in [4.69, 9.17) is 5.73 Å². The minimum atomic E-state index is 0.253. The molecule has 2 aromatic rings. The highest BCUT2D eigenvalue weighted by Gasteiger charge is 2.04. The van der Waals surface area contributed by atoms with Crippen LogP contribution in [0.5, 0.6) is 0 Å². The molecule has 1 atom stereocenters. The van der Waals surface area contributed by atoms with E-state index >= 15 is 0 Å². The Bertz CT molecular complexity index is 528. The Balaban J connectivity index is 2.05. The first-order valence-electron chi connectivity index (χ1n) is 6.32. The van der Waals surface area contributed by atoms with Crippen molar-refractivity contribution < 1.29 is 0 Å². The number of aromatic nitrogens is 1. The summed E-state index contributed by atoms with van der Waals surface area (Å²) >= 11 is 5.17. The first-order chi connectivity index (χ1) is 9.19. The van der Waals surface area contributed by atoms with E-state index in [1.54, 1.807) is 11.8 Å². The summed E-state index contributed by atoms with van der Waals surface area (Å²) in [4.78, 5) is 5.54. The topological polar surface area (TPSA) is 38.9 Å². The lowest BCUT2D eigenvalue weighted by Crippen LogP contribution is -2.21. The van der Waals surface area contributed by atoms with Gasteiger partial charge in [0, 0.05) is 17.1 Å². The van der Waals surface area contributed by atoms with E-state index in [1.165, 1.54) is 10.5 Å². The van der Waals surface area contributed by atoms with Gasteiger partial charge >= 0.3 is 0 Å². The predicted octanol–water partition coefficient (Wildman–Crippen LogP) is 4.28. The van der Waals surface area contributed by atoms with Gasteiger partial charge in [-0.25, -0.2) is 4.98 Å². The highest BCUT2D eigenvalue weighted by Crippen LogP contribution is 2.31. The Morgan fingerprint density at radius 3 is 2.63 bits per heavy atom. The minimum Gasteiger partial charge on any atom is -0.327 e. The van der Waals surface area contributed by atoms with E-state index in [0.717, 1.165) is 22.3 Å². The van der Waals surface area contributed by atoms with Gasteiger partial charge in [0.1, 0.15) is 5.03 Å². The molecule has 0 saturated carbocycles. The summed E-state index contributed by atoms with van der Waals surface area (Å²) < 4.78 is 1.03. The second kappa shape index (κ2) is 7.08. The smallest absolute Gasteiger partial charge is 0.115 e. The molecule has 0 amide bonds. The highest BCUT2D eigenvalue weighted by atomic mass is 79.9. The van der Waals surface area contributed by atoms with Crippen molar-refractivity contribution in [3.63, 3.8) is 0 Å². The predicted molar refractivity (Wildman–Crippen MR) is 84.5 cm³/mol.